The van der Waals surface area contributed by atoms with Crippen LogP contribution in [0.4, 0.5) is 0 Å². The van der Waals surface area contributed by atoms with Gasteiger partial charge in [-0.3, -0.25) is 0 Å². The molecule has 4 heteroatoms. The second-order valence-corrected chi connectivity index (χ2v) is 5.36. The first-order valence-corrected chi connectivity index (χ1v) is 7.87. The zero-order valence-electron chi connectivity index (χ0n) is 13.8. The molecule has 4 nitrogen and oxygen atoms in total. The Bertz CT molecular complexity index is 809. The molecule has 0 fully saturated rings. The fraction of sp³-hybridized carbons (Fsp3) is 0.0952. The molecule has 0 radical (unpaired) electrons. The minimum absolute atomic E-state index is 0.416. The summed E-state index contributed by atoms with van der Waals surface area (Å²) >= 11 is 0. The number of carbonyl (C=O) groups is 1. The molecular formula is C21H18O4. The second kappa shape index (κ2) is 8.02. The summed E-state index contributed by atoms with van der Waals surface area (Å²) in [5.74, 6) is 1.46. The van der Waals surface area contributed by atoms with Gasteiger partial charge in [0, 0.05) is 0 Å². The molecule has 0 amide bonds. The summed E-state index contributed by atoms with van der Waals surface area (Å²) in [5, 5.41) is 0. The lowest BCUT2D eigenvalue weighted by molar-refractivity contribution is 0.0734. The number of esters is 1. The van der Waals surface area contributed by atoms with E-state index in [2.05, 4.69) is 0 Å². The molecule has 0 bridgehead atoms. The van der Waals surface area contributed by atoms with E-state index in [0.29, 0.717) is 29.4 Å². The molecule has 0 heterocycles. The van der Waals surface area contributed by atoms with Crippen molar-refractivity contribution in [2.75, 3.05) is 7.11 Å². The van der Waals surface area contributed by atoms with E-state index >= 15 is 0 Å². The van der Waals surface area contributed by atoms with Crippen LogP contribution in [0.15, 0.2) is 78.9 Å². The van der Waals surface area contributed by atoms with Crippen LogP contribution in [0.25, 0.3) is 0 Å². The van der Waals surface area contributed by atoms with Gasteiger partial charge in [-0.25, -0.2) is 4.79 Å². The third-order valence-electron chi connectivity index (χ3n) is 3.61. The number of hydrogen-bond donors (Lipinski definition) is 0. The SMILES string of the molecule is COc1ccc(C(=O)Oc2ccc(OCc3ccccc3)cc2)cc1. The maximum atomic E-state index is 12.1. The largest absolute Gasteiger partial charge is 0.497 e. The standard InChI is InChI=1S/C21H18O4/c1-23-18-9-7-17(8-10-18)21(22)25-20-13-11-19(12-14-20)24-15-16-5-3-2-4-6-16/h2-14H,15H2,1H3. The zero-order chi connectivity index (χ0) is 17.5. The minimum atomic E-state index is -0.416. The highest BCUT2D eigenvalue weighted by Gasteiger charge is 2.09. The zero-order valence-corrected chi connectivity index (χ0v) is 13.8. The maximum Gasteiger partial charge on any atom is 0.343 e. The Balaban J connectivity index is 1.57. The van der Waals surface area contributed by atoms with Crippen molar-refractivity contribution in [3.8, 4) is 17.2 Å². The number of rotatable bonds is 6. The van der Waals surface area contributed by atoms with Gasteiger partial charge < -0.3 is 14.2 Å². The Morgan fingerprint density at radius 1 is 0.760 bits per heavy atom. The molecule has 0 aliphatic carbocycles. The summed E-state index contributed by atoms with van der Waals surface area (Å²) < 4.78 is 16.1. The highest BCUT2D eigenvalue weighted by molar-refractivity contribution is 5.91. The molecular weight excluding hydrogens is 316 g/mol. The van der Waals surface area contributed by atoms with Crippen molar-refractivity contribution >= 4 is 5.97 Å². The van der Waals surface area contributed by atoms with Crippen LogP contribution >= 0.6 is 0 Å². The van der Waals surface area contributed by atoms with Gasteiger partial charge in [-0.15, -0.1) is 0 Å². The molecule has 3 aromatic carbocycles. The topological polar surface area (TPSA) is 44.8 Å². The Hall–Kier alpha value is -3.27. The number of hydrogen-bond acceptors (Lipinski definition) is 4. The van der Waals surface area contributed by atoms with Crippen molar-refractivity contribution in [1.82, 2.24) is 0 Å². The summed E-state index contributed by atoms with van der Waals surface area (Å²) in [5.41, 5.74) is 1.56. The van der Waals surface area contributed by atoms with Crippen LogP contribution in [0.1, 0.15) is 15.9 Å². The molecule has 0 aliphatic rings. The van der Waals surface area contributed by atoms with E-state index in [9.17, 15) is 4.79 Å². The van der Waals surface area contributed by atoms with Crippen molar-refractivity contribution in [3.63, 3.8) is 0 Å². The van der Waals surface area contributed by atoms with Gasteiger partial charge in [-0.2, -0.15) is 0 Å². The Kier molecular flexibility index (Phi) is 5.32. The number of methoxy groups -OCH3 is 1. The average molecular weight is 334 g/mol. The molecule has 0 aromatic heterocycles. The van der Waals surface area contributed by atoms with E-state index < -0.39 is 5.97 Å². The lowest BCUT2D eigenvalue weighted by Crippen LogP contribution is -2.08. The van der Waals surface area contributed by atoms with E-state index in [1.165, 1.54) is 0 Å². The van der Waals surface area contributed by atoms with Crippen LogP contribution in [0.5, 0.6) is 17.2 Å². The Morgan fingerprint density at radius 3 is 2.00 bits per heavy atom. The third-order valence-corrected chi connectivity index (χ3v) is 3.61. The second-order valence-electron chi connectivity index (χ2n) is 5.36. The quantitative estimate of drug-likeness (QED) is 0.492. The van der Waals surface area contributed by atoms with Crippen LogP contribution in [-0.2, 0) is 6.61 Å². The average Bonchev–Trinajstić information content (AvgIpc) is 2.68. The smallest absolute Gasteiger partial charge is 0.343 e. The van der Waals surface area contributed by atoms with Gasteiger partial charge in [0.25, 0.3) is 0 Å². The predicted octanol–water partition coefficient (Wildman–Crippen LogP) is 4.49. The van der Waals surface area contributed by atoms with E-state index in [0.717, 1.165) is 5.56 Å². The molecule has 0 saturated carbocycles. The highest BCUT2D eigenvalue weighted by atomic mass is 16.5. The lowest BCUT2D eigenvalue weighted by atomic mass is 10.2. The Labute approximate surface area is 146 Å². The van der Waals surface area contributed by atoms with E-state index in [1.54, 1.807) is 55.6 Å². The van der Waals surface area contributed by atoms with Gasteiger partial charge in [0.05, 0.1) is 12.7 Å². The summed E-state index contributed by atoms with van der Waals surface area (Å²) in [7, 11) is 1.58. The fourth-order valence-corrected chi connectivity index (χ4v) is 2.24. The summed E-state index contributed by atoms with van der Waals surface area (Å²) in [6.45, 7) is 0.492. The maximum absolute atomic E-state index is 12.1. The van der Waals surface area contributed by atoms with Crippen LogP contribution in [0.3, 0.4) is 0 Å². The first-order chi connectivity index (χ1) is 12.2. The van der Waals surface area contributed by atoms with Crippen LogP contribution in [0.2, 0.25) is 0 Å². The summed E-state index contributed by atoms with van der Waals surface area (Å²) in [6.07, 6.45) is 0. The van der Waals surface area contributed by atoms with Gasteiger partial charge in [0.15, 0.2) is 0 Å². The molecule has 0 atom stereocenters. The van der Waals surface area contributed by atoms with Crippen molar-refractivity contribution < 1.29 is 19.0 Å². The molecule has 0 saturated heterocycles. The van der Waals surface area contributed by atoms with E-state index in [1.807, 2.05) is 30.3 Å². The highest BCUT2D eigenvalue weighted by Crippen LogP contribution is 2.20. The van der Waals surface area contributed by atoms with Gasteiger partial charge in [0.1, 0.15) is 23.9 Å². The number of benzene rings is 3. The van der Waals surface area contributed by atoms with Crippen LogP contribution in [0, 0.1) is 0 Å². The number of ether oxygens (including phenoxy) is 3. The summed E-state index contributed by atoms with van der Waals surface area (Å²) in [6, 6.07) is 23.7. The first kappa shape index (κ1) is 16.6. The number of carbonyl (C=O) groups excluding carboxylic acids is 1. The normalized spacial score (nSPS) is 10.1. The third kappa shape index (κ3) is 4.61. The van der Waals surface area contributed by atoms with Gasteiger partial charge >= 0.3 is 5.97 Å². The molecule has 0 N–H and O–H groups in total. The van der Waals surface area contributed by atoms with Crippen molar-refractivity contribution in [3.05, 3.63) is 90.0 Å². The minimum Gasteiger partial charge on any atom is -0.497 e. The monoisotopic (exact) mass is 334 g/mol. The van der Waals surface area contributed by atoms with Crippen molar-refractivity contribution in [2.45, 2.75) is 6.61 Å². The first-order valence-electron chi connectivity index (χ1n) is 7.87. The van der Waals surface area contributed by atoms with Crippen molar-refractivity contribution in [1.29, 1.82) is 0 Å². The molecule has 25 heavy (non-hydrogen) atoms. The van der Waals surface area contributed by atoms with Crippen LogP contribution in [-0.4, -0.2) is 13.1 Å². The van der Waals surface area contributed by atoms with Gasteiger partial charge in [-0.05, 0) is 54.1 Å². The van der Waals surface area contributed by atoms with Crippen molar-refractivity contribution in [2.24, 2.45) is 0 Å². The van der Waals surface area contributed by atoms with Gasteiger partial charge in [0.2, 0.25) is 0 Å². The van der Waals surface area contributed by atoms with Crippen LogP contribution < -0.4 is 14.2 Å². The van der Waals surface area contributed by atoms with E-state index in [4.69, 9.17) is 14.2 Å². The molecule has 126 valence electrons. The molecule has 3 rings (SSSR count). The fourth-order valence-electron chi connectivity index (χ4n) is 2.24. The predicted molar refractivity (Wildman–Crippen MR) is 95.2 cm³/mol. The molecule has 3 aromatic rings. The summed E-state index contributed by atoms with van der Waals surface area (Å²) in [4.78, 5) is 12.1. The Morgan fingerprint density at radius 2 is 1.36 bits per heavy atom. The molecule has 0 spiro atoms. The molecule has 0 unspecified atom stereocenters. The molecule has 0 aliphatic heterocycles. The lowest BCUT2D eigenvalue weighted by Gasteiger charge is -2.08. The van der Waals surface area contributed by atoms with E-state index in [-0.39, 0.29) is 0 Å². The van der Waals surface area contributed by atoms with Gasteiger partial charge in [-0.1, -0.05) is 30.3 Å².